The average molecular weight is 782 g/mol. The quantitative estimate of drug-likeness (QED) is 0.0781. The highest BCUT2D eigenvalue weighted by molar-refractivity contribution is 6.03. The van der Waals surface area contributed by atoms with E-state index in [0.29, 0.717) is 61.6 Å². The number of aliphatic hydroxyl groups is 2. The fraction of sp³-hybridized carbons (Fsp3) is 0.543. The van der Waals surface area contributed by atoms with Crippen LogP contribution in [0.25, 0.3) is 0 Å². The van der Waals surface area contributed by atoms with Crippen molar-refractivity contribution in [2.75, 3.05) is 39.6 Å². The van der Waals surface area contributed by atoms with Gasteiger partial charge in [0.1, 0.15) is 24.1 Å². The number of ether oxygens (including phenoxy) is 4. The minimum Gasteiger partial charge on any atom is -0.490 e. The van der Waals surface area contributed by atoms with E-state index < -0.39 is 24.0 Å². The molecule has 2 heterocycles. The highest BCUT2D eigenvalue weighted by atomic mass is 16.8. The van der Waals surface area contributed by atoms with Crippen LogP contribution in [-0.4, -0.2) is 84.4 Å². The molecular formula is C46H59N3O8. The van der Waals surface area contributed by atoms with Gasteiger partial charge in [-0.1, -0.05) is 49.7 Å². The van der Waals surface area contributed by atoms with E-state index in [1.54, 1.807) is 36.4 Å². The molecule has 306 valence electrons. The van der Waals surface area contributed by atoms with Crippen molar-refractivity contribution in [1.82, 2.24) is 4.90 Å². The molecule has 0 radical (unpaired) electrons. The summed E-state index contributed by atoms with van der Waals surface area (Å²) < 4.78 is 26.5. The lowest BCUT2D eigenvalue weighted by Crippen LogP contribution is -2.70. The topological polar surface area (TPSA) is 143 Å². The van der Waals surface area contributed by atoms with Crippen LogP contribution >= 0.6 is 0 Å². The molecule has 2 aromatic rings. The second kappa shape index (κ2) is 20.3. The number of amides is 1. The van der Waals surface area contributed by atoms with E-state index in [4.69, 9.17) is 28.9 Å². The summed E-state index contributed by atoms with van der Waals surface area (Å²) in [6.45, 7) is 11.7. The second-order valence-corrected chi connectivity index (χ2v) is 15.5. The van der Waals surface area contributed by atoms with Crippen molar-refractivity contribution in [3.8, 4) is 17.6 Å². The van der Waals surface area contributed by atoms with E-state index in [1.165, 1.54) is 0 Å². The number of carbonyl (C=O) groups is 1. The lowest BCUT2D eigenvalue weighted by Gasteiger charge is -2.60. The molecule has 7 atom stereocenters. The minimum atomic E-state index is -1.37. The minimum absolute atomic E-state index is 0.0875. The number of unbranched alkanes of at least 4 members (excludes halogenated alkanes) is 2. The van der Waals surface area contributed by atoms with Crippen molar-refractivity contribution in [3.05, 3.63) is 96.1 Å². The van der Waals surface area contributed by atoms with Crippen LogP contribution in [0.1, 0.15) is 105 Å². The Labute approximate surface area is 337 Å². The first-order valence-electron chi connectivity index (χ1n) is 20.8. The molecule has 1 saturated heterocycles. The molecule has 2 N–H and O–H groups in total. The Kier molecular flexibility index (Phi) is 15.0. The fourth-order valence-corrected chi connectivity index (χ4v) is 9.30. The zero-order chi connectivity index (χ0) is 40.2. The van der Waals surface area contributed by atoms with Crippen molar-refractivity contribution in [2.24, 2.45) is 22.9 Å². The number of fused-ring (bicyclic) bond motifs is 2. The summed E-state index contributed by atoms with van der Waals surface area (Å²) in [5.41, 5.74) is 3.61. The maximum absolute atomic E-state index is 14.8. The summed E-state index contributed by atoms with van der Waals surface area (Å²) in [5.74, 6) is -0.631. The third-order valence-corrected chi connectivity index (χ3v) is 11.8. The van der Waals surface area contributed by atoms with Gasteiger partial charge in [0.25, 0.3) is 5.91 Å². The number of nitrogens with zero attached hydrogens (tertiary/aromatic N) is 3. The van der Waals surface area contributed by atoms with Gasteiger partial charge in [0.2, 0.25) is 12.1 Å². The molecule has 2 aliphatic carbocycles. The summed E-state index contributed by atoms with van der Waals surface area (Å²) in [4.78, 5) is 23.0. The Balaban J connectivity index is 1.59. The van der Waals surface area contributed by atoms with Gasteiger partial charge in [-0.15, -0.1) is 6.58 Å². The van der Waals surface area contributed by atoms with Crippen molar-refractivity contribution in [2.45, 2.75) is 102 Å². The van der Waals surface area contributed by atoms with Crippen LogP contribution in [0.3, 0.4) is 0 Å². The molecule has 2 fully saturated rings. The standard InChI is InChI=1S/C46H59N3O8/c1-4-22-49(45(52)33-18-16-32(31-47)17-19-33)41-30-39(48-57-42-15-9-12-27-54-42)37-28-34(13-7-10-23-50)36(14-8-11-24-51)43-38-29-35(53-25-5-2)20-21-40(38)56-46(41,44(37)43)55-26-6-3/h5-6,16-21,28-29,34,36,41-44,50-51H,2-4,7-15,22-27,30H2,1H3/t34-,36+,41-,42?,43+,44+,46+/m0/s1. The van der Waals surface area contributed by atoms with E-state index in [0.717, 1.165) is 61.8 Å². The number of allylic oxidation sites excluding steroid dienone is 1. The third kappa shape index (κ3) is 9.31. The molecule has 6 rings (SSSR count). The molecule has 57 heavy (non-hydrogen) atoms. The van der Waals surface area contributed by atoms with Gasteiger partial charge in [0.05, 0.1) is 36.5 Å². The van der Waals surface area contributed by atoms with Crippen molar-refractivity contribution in [3.63, 3.8) is 0 Å². The van der Waals surface area contributed by atoms with E-state index >= 15 is 0 Å². The first kappa shape index (κ1) is 42.1. The molecule has 0 bridgehead atoms. The number of benzene rings is 2. The van der Waals surface area contributed by atoms with Gasteiger partial charge in [-0.05, 0) is 105 Å². The van der Waals surface area contributed by atoms with E-state index in [2.05, 4.69) is 31.4 Å². The SMILES string of the molecule is C=CCOc1ccc2c(c1)[C@H]1[C@H](CCCCO)[C@@H](CCCCO)C=C3C(=NOC4CCCCO4)C[C@H](N(CCC)C(=O)c4ccc(C#N)cc4)[C@@](OCC=C)(O2)[C@H]31. The number of oxime groups is 1. The monoisotopic (exact) mass is 781 g/mol. The molecule has 11 heteroatoms. The molecule has 11 nitrogen and oxygen atoms in total. The maximum atomic E-state index is 14.8. The lowest BCUT2D eigenvalue weighted by molar-refractivity contribution is -0.254. The van der Waals surface area contributed by atoms with Crippen LogP contribution < -0.4 is 9.47 Å². The molecule has 4 aliphatic rings. The number of aliphatic hydroxyl groups excluding tert-OH is 2. The summed E-state index contributed by atoms with van der Waals surface area (Å²) in [5, 5.41) is 34.2. The Morgan fingerprint density at radius 3 is 2.51 bits per heavy atom. The van der Waals surface area contributed by atoms with Gasteiger partial charge in [-0.2, -0.15) is 5.26 Å². The zero-order valence-electron chi connectivity index (χ0n) is 33.4. The highest BCUT2D eigenvalue weighted by Gasteiger charge is 2.65. The van der Waals surface area contributed by atoms with Crippen LogP contribution in [0, 0.1) is 29.1 Å². The summed E-state index contributed by atoms with van der Waals surface area (Å²) in [7, 11) is 0. The van der Waals surface area contributed by atoms with Crippen LogP contribution in [0.4, 0.5) is 0 Å². The number of hydrogen-bond acceptors (Lipinski definition) is 10. The van der Waals surface area contributed by atoms with Gasteiger partial charge < -0.3 is 38.9 Å². The lowest BCUT2D eigenvalue weighted by atomic mass is 9.55. The van der Waals surface area contributed by atoms with Crippen molar-refractivity contribution >= 4 is 11.6 Å². The fourth-order valence-electron chi connectivity index (χ4n) is 9.30. The first-order chi connectivity index (χ1) is 27.9. The second-order valence-electron chi connectivity index (χ2n) is 15.5. The largest absolute Gasteiger partial charge is 0.490 e. The molecule has 1 saturated carbocycles. The Morgan fingerprint density at radius 2 is 1.82 bits per heavy atom. The normalized spacial score (nSPS) is 26.8. The molecular weight excluding hydrogens is 723 g/mol. The van der Waals surface area contributed by atoms with Gasteiger partial charge in [0.15, 0.2) is 0 Å². The van der Waals surface area contributed by atoms with Crippen LogP contribution in [0.15, 0.2) is 84.6 Å². The summed E-state index contributed by atoms with van der Waals surface area (Å²) >= 11 is 0. The zero-order valence-corrected chi connectivity index (χ0v) is 33.4. The number of carbonyl (C=O) groups excluding carboxylic acids is 1. The molecule has 2 aliphatic heterocycles. The molecule has 1 unspecified atom stereocenters. The predicted octanol–water partition coefficient (Wildman–Crippen LogP) is 7.84. The maximum Gasteiger partial charge on any atom is 0.254 e. The molecule has 0 spiro atoms. The van der Waals surface area contributed by atoms with Gasteiger partial charge in [-0.3, -0.25) is 4.79 Å². The number of rotatable bonds is 20. The molecule has 1 amide bonds. The van der Waals surface area contributed by atoms with Crippen LogP contribution in [0.5, 0.6) is 11.5 Å². The average Bonchev–Trinajstić information content (AvgIpc) is 3.24. The summed E-state index contributed by atoms with van der Waals surface area (Å²) in [6.07, 6.45) is 13.7. The Morgan fingerprint density at radius 1 is 1.05 bits per heavy atom. The smallest absolute Gasteiger partial charge is 0.254 e. The number of nitriles is 1. The van der Waals surface area contributed by atoms with E-state index in [9.17, 15) is 20.3 Å². The van der Waals surface area contributed by atoms with Crippen molar-refractivity contribution < 1.29 is 38.8 Å². The Bertz CT molecular complexity index is 1780. The van der Waals surface area contributed by atoms with Crippen LogP contribution in [-0.2, 0) is 14.3 Å². The van der Waals surface area contributed by atoms with Gasteiger partial charge >= 0.3 is 0 Å². The van der Waals surface area contributed by atoms with Crippen molar-refractivity contribution in [1.29, 1.82) is 5.26 Å². The first-order valence-corrected chi connectivity index (χ1v) is 20.8. The van der Waals surface area contributed by atoms with Crippen LogP contribution in [0.2, 0.25) is 0 Å². The third-order valence-electron chi connectivity index (χ3n) is 11.8. The van der Waals surface area contributed by atoms with Gasteiger partial charge in [-0.25, -0.2) is 0 Å². The molecule has 2 aromatic carbocycles. The summed E-state index contributed by atoms with van der Waals surface area (Å²) in [6, 6.07) is 14.2. The van der Waals surface area contributed by atoms with E-state index in [-0.39, 0.29) is 49.9 Å². The highest BCUT2D eigenvalue weighted by Crippen LogP contribution is 2.62. The predicted molar refractivity (Wildman–Crippen MR) is 218 cm³/mol. The molecule has 0 aromatic heterocycles. The van der Waals surface area contributed by atoms with E-state index in [1.807, 2.05) is 24.0 Å². The number of hydrogen-bond donors (Lipinski definition) is 2. The Hall–Kier alpha value is -4.47. The van der Waals surface area contributed by atoms with Gasteiger partial charge in [0, 0.05) is 49.6 Å².